The number of aromatic amines is 1. The number of H-pyrrole nitrogens is 1. The number of rotatable bonds is 8. The third-order valence-electron chi connectivity index (χ3n) is 6.21. The minimum atomic E-state index is -0.185. The van der Waals surface area contributed by atoms with Crippen LogP contribution in [0.3, 0.4) is 0 Å². The number of benzene rings is 2. The second-order valence-corrected chi connectivity index (χ2v) is 8.30. The quantitative estimate of drug-likeness (QED) is 0.379. The number of carbonyl (C=O) groups is 2. The molecular formula is C27H30N4O3. The summed E-state index contributed by atoms with van der Waals surface area (Å²) in [6.07, 6.45) is 1.79. The average molecular weight is 459 g/mol. The summed E-state index contributed by atoms with van der Waals surface area (Å²) in [4.78, 5) is 31.6. The maximum atomic E-state index is 13.3. The molecule has 4 rings (SSSR count). The van der Waals surface area contributed by atoms with E-state index in [1.165, 1.54) is 0 Å². The second kappa shape index (κ2) is 9.97. The summed E-state index contributed by atoms with van der Waals surface area (Å²) < 4.78 is 0. The molecule has 0 fully saturated rings. The van der Waals surface area contributed by atoms with Crippen LogP contribution >= 0.6 is 0 Å². The van der Waals surface area contributed by atoms with Crippen molar-refractivity contribution in [1.82, 2.24) is 15.2 Å². The normalized spacial score (nSPS) is 13.9. The zero-order valence-corrected chi connectivity index (χ0v) is 19.7. The number of aryl methyl sites for hydroxylation is 1. The van der Waals surface area contributed by atoms with E-state index in [9.17, 15) is 14.7 Å². The molecular weight excluding hydrogens is 428 g/mol. The van der Waals surface area contributed by atoms with Crippen LogP contribution in [0.4, 0.5) is 5.69 Å². The Labute approximate surface area is 199 Å². The third-order valence-corrected chi connectivity index (χ3v) is 6.21. The molecule has 0 atom stereocenters. The van der Waals surface area contributed by atoms with Gasteiger partial charge in [-0.3, -0.25) is 9.59 Å². The Bertz CT molecular complexity index is 1240. The average Bonchev–Trinajstić information content (AvgIpc) is 3.33. The number of hydrogen-bond donors (Lipinski definition) is 4. The standard InChI is InChI=1S/C27H30N4O3/c1-4-31(5-2)15-14-28-27(34)24-17(3)29-23(25(24)18-10-12-19(32)13-11-18)16-21-20-8-6-7-9-22(20)30-26(21)33/h6-13,16,29,32H,4-5,14-15H2,1-3H3,(H,28,34)(H,30,33)/b21-16-. The highest BCUT2D eigenvalue weighted by molar-refractivity contribution is 6.35. The maximum Gasteiger partial charge on any atom is 0.256 e. The van der Waals surface area contributed by atoms with E-state index >= 15 is 0 Å². The number of likely N-dealkylation sites (N-methyl/N-ethyl adjacent to an activating group) is 1. The number of phenols is 1. The Morgan fingerprint density at radius 1 is 1.09 bits per heavy atom. The van der Waals surface area contributed by atoms with Crippen molar-refractivity contribution >= 4 is 29.2 Å². The number of nitrogens with zero attached hydrogens (tertiary/aromatic N) is 1. The van der Waals surface area contributed by atoms with Crippen LogP contribution < -0.4 is 10.6 Å². The first kappa shape index (κ1) is 23.3. The Morgan fingerprint density at radius 3 is 2.50 bits per heavy atom. The lowest BCUT2D eigenvalue weighted by molar-refractivity contribution is -0.110. The number of anilines is 1. The fourth-order valence-corrected chi connectivity index (χ4v) is 4.35. The molecule has 0 spiro atoms. The number of hydrogen-bond acceptors (Lipinski definition) is 4. The van der Waals surface area contributed by atoms with E-state index in [0.717, 1.165) is 36.4 Å². The minimum absolute atomic E-state index is 0.144. The predicted octanol–water partition coefficient (Wildman–Crippen LogP) is 4.26. The van der Waals surface area contributed by atoms with E-state index in [1.807, 2.05) is 31.2 Å². The van der Waals surface area contributed by atoms with E-state index in [-0.39, 0.29) is 17.6 Å². The molecule has 176 valence electrons. The number of aromatic nitrogens is 1. The number of para-hydroxylation sites is 1. The molecule has 0 unspecified atom stereocenters. The summed E-state index contributed by atoms with van der Waals surface area (Å²) in [5.74, 6) is -0.217. The van der Waals surface area contributed by atoms with Gasteiger partial charge < -0.3 is 25.6 Å². The number of aromatic hydroxyl groups is 1. The molecule has 3 aromatic rings. The summed E-state index contributed by atoms with van der Waals surface area (Å²) >= 11 is 0. The van der Waals surface area contributed by atoms with E-state index in [1.54, 1.807) is 30.3 Å². The first-order valence-corrected chi connectivity index (χ1v) is 11.6. The Morgan fingerprint density at radius 2 is 1.79 bits per heavy atom. The van der Waals surface area contributed by atoms with E-state index in [4.69, 9.17) is 0 Å². The van der Waals surface area contributed by atoms with Crippen LogP contribution in [0.15, 0.2) is 48.5 Å². The number of nitrogens with one attached hydrogen (secondary N) is 3. The minimum Gasteiger partial charge on any atom is -0.508 e. The highest BCUT2D eigenvalue weighted by atomic mass is 16.3. The van der Waals surface area contributed by atoms with Crippen LogP contribution in [-0.4, -0.2) is 53.0 Å². The highest BCUT2D eigenvalue weighted by Crippen LogP contribution is 2.37. The zero-order valence-electron chi connectivity index (χ0n) is 19.7. The fourth-order valence-electron chi connectivity index (χ4n) is 4.35. The third kappa shape index (κ3) is 4.61. The SMILES string of the molecule is CCN(CC)CCNC(=O)c1c(C)[nH]c(/C=C2\C(=O)Nc3ccccc32)c1-c1ccc(O)cc1. The van der Waals surface area contributed by atoms with Crippen molar-refractivity contribution in [1.29, 1.82) is 0 Å². The van der Waals surface area contributed by atoms with Gasteiger partial charge >= 0.3 is 0 Å². The van der Waals surface area contributed by atoms with Crippen LogP contribution in [0.2, 0.25) is 0 Å². The molecule has 34 heavy (non-hydrogen) atoms. The van der Waals surface area contributed by atoms with Crippen molar-refractivity contribution in [3.05, 3.63) is 71.0 Å². The van der Waals surface area contributed by atoms with Gasteiger partial charge in [0.15, 0.2) is 0 Å². The van der Waals surface area contributed by atoms with Crippen molar-refractivity contribution in [2.75, 3.05) is 31.5 Å². The largest absolute Gasteiger partial charge is 0.508 e. The zero-order chi connectivity index (χ0) is 24.2. The molecule has 2 heterocycles. The van der Waals surface area contributed by atoms with Gasteiger partial charge in [0.05, 0.1) is 11.1 Å². The molecule has 7 heteroatoms. The number of carbonyl (C=O) groups excluding carboxylic acids is 2. The number of amides is 2. The van der Waals surface area contributed by atoms with Gasteiger partial charge in [-0.05, 0) is 49.9 Å². The highest BCUT2D eigenvalue weighted by Gasteiger charge is 2.26. The summed E-state index contributed by atoms with van der Waals surface area (Å²) in [7, 11) is 0. The van der Waals surface area contributed by atoms with Gasteiger partial charge in [0.25, 0.3) is 11.8 Å². The summed E-state index contributed by atoms with van der Waals surface area (Å²) in [5, 5.41) is 15.7. The van der Waals surface area contributed by atoms with Gasteiger partial charge in [-0.25, -0.2) is 0 Å². The smallest absolute Gasteiger partial charge is 0.256 e. The van der Waals surface area contributed by atoms with E-state index in [0.29, 0.717) is 34.6 Å². The molecule has 0 saturated heterocycles. The van der Waals surface area contributed by atoms with Crippen molar-refractivity contribution in [3.8, 4) is 16.9 Å². The summed E-state index contributed by atoms with van der Waals surface area (Å²) in [6, 6.07) is 14.3. The van der Waals surface area contributed by atoms with Crippen molar-refractivity contribution in [2.24, 2.45) is 0 Å². The first-order valence-electron chi connectivity index (χ1n) is 11.6. The molecule has 1 aliphatic heterocycles. The van der Waals surface area contributed by atoms with Gasteiger partial charge in [-0.2, -0.15) is 0 Å². The van der Waals surface area contributed by atoms with Crippen molar-refractivity contribution in [3.63, 3.8) is 0 Å². The molecule has 1 aliphatic rings. The molecule has 2 aromatic carbocycles. The van der Waals surface area contributed by atoms with Gasteiger partial charge in [-0.1, -0.05) is 44.2 Å². The molecule has 0 aliphatic carbocycles. The molecule has 0 saturated carbocycles. The first-order chi connectivity index (χ1) is 16.4. The Kier molecular flexibility index (Phi) is 6.84. The van der Waals surface area contributed by atoms with Gasteiger partial charge in [0.1, 0.15) is 5.75 Å². The second-order valence-electron chi connectivity index (χ2n) is 8.30. The predicted molar refractivity (Wildman–Crippen MR) is 136 cm³/mol. The Hall–Kier alpha value is -3.84. The summed E-state index contributed by atoms with van der Waals surface area (Å²) in [5.41, 5.74) is 5.50. The van der Waals surface area contributed by atoms with Crippen LogP contribution in [0.25, 0.3) is 22.8 Å². The van der Waals surface area contributed by atoms with Crippen molar-refractivity contribution < 1.29 is 14.7 Å². The van der Waals surface area contributed by atoms with Gasteiger partial charge in [0.2, 0.25) is 0 Å². The fraction of sp³-hybridized carbons (Fsp3) is 0.259. The molecule has 1 aromatic heterocycles. The molecule has 0 bridgehead atoms. The van der Waals surface area contributed by atoms with E-state index < -0.39 is 0 Å². The molecule has 7 nitrogen and oxygen atoms in total. The molecule has 4 N–H and O–H groups in total. The monoisotopic (exact) mass is 458 g/mol. The molecule has 0 radical (unpaired) electrons. The van der Waals surface area contributed by atoms with Crippen LogP contribution in [0.5, 0.6) is 5.75 Å². The number of phenolic OH excluding ortho intramolecular Hbond substituents is 1. The van der Waals surface area contributed by atoms with Crippen LogP contribution in [0, 0.1) is 6.92 Å². The lowest BCUT2D eigenvalue weighted by Crippen LogP contribution is -2.35. The topological polar surface area (TPSA) is 97.5 Å². The van der Waals surface area contributed by atoms with Crippen molar-refractivity contribution in [2.45, 2.75) is 20.8 Å². The van der Waals surface area contributed by atoms with E-state index in [2.05, 4.69) is 34.4 Å². The lowest BCUT2D eigenvalue weighted by atomic mass is 9.97. The lowest BCUT2D eigenvalue weighted by Gasteiger charge is -2.18. The summed E-state index contributed by atoms with van der Waals surface area (Å²) in [6.45, 7) is 9.21. The molecule has 2 amide bonds. The van der Waals surface area contributed by atoms with Gasteiger partial charge in [0, 0.05) is 41.3 Å². The van der Waals surface area contributed by atoms with Gasteiger partial charge in [-0.15, -0.1) is 0 Å². The maximum absolute atomic E-state index is 13.3. The Balaban J connectivity index is 1.76. The number of fused-ring (bicyclic) bond motifs is 1. The van der Waals surface area contributed by atoms with Crippen LogP contribution in [0.1, 0.15) is 41.2 Å². The van der Waals surface area contributed by atoms with Crippen LogP contribution in [-0.2, 0) is 4.79 Å².